The third-order valence-corrected chi connectivity index (χ3v) is 2.30. The van der Waals surface area contributed by atoms with Crippen LogP contribution in [0.5, 0.6) is 0 Å². The number of carbonyl (C=O) groups is 1. The summed E-state index contributed by atoms with van der Waals surface area (Å²) in [5.74, 6) is -1.83. The summed E-state index contributed by atoms with van der Waals surface area (Å²) in [7, 11) is 0. The monoisotopic (exact) mass is 208 g/mol. The highest BCUT2D eigenvalue weighted by Crippen LogP contribution is 2.23. The summed E-state index contributed by atoms with van der Waals surface area (Å²) < 4.78 is 13.7. The topological polar surface area (TPSA) is 79.1 Å². The van der Waals surface area contributed by atoms with Crippen molar-refractivity contribution in [3.8, 4) is 0 Å². The standard InChI is InChI=1S/C10H9FN2O2/c11-8-5-3-4-13-7(5)2-1-6(8)9(12)10(14)15/h1-4,9,13H,12H2,(H,14,15). The summed E-state index contributed by atoms with van der Waals surface area (Å²) in [5, 5.41) is 9.03. The summed E-state index contributed by atoms with van der Waals surface area (Å²) in [4.78, 5) is 13.5. The first kappa shape index (κ1) is 9.67. The van der Waals surface area contributed by atoms with Gasteiger partial charge in [-0.25, -0.2) is 4.39 Å². The van der Waals surface area contributed by atoms with Crippen LogP contribution in [0.4, 0.5) is 4.39 Å². The second kappa shape index (κ2) is 3.36. The predicted molar refractivity (Wildman–Crippen MR) is 52.8 cm³/mol. The van der Waals surface area contributed by atoms with Gasteiger partial charge in [0.15, 0.2) is 0 Å². The molecule has 4 nitrogen and oxygen atoms in total. The van der Waals surface area contributed by atoms with Crippen LogP contribution in [0.1, 0.15) is 11.6 Å². The van der Waals surface area contributed by atoms with Crippen molar-refractivity contribution in [3.63, 3.8) is 0 Å². The molecule has 0 bridgehead atoms. The molecule has 0 saturated heterocycles. The van der Waals surface area contributed by atoms with Gasteiger partial charge < -0.3 is 15.8 Å². The van der Waals surface area contributed by atoms with Crippen molar-refractivity contribution >= 4 is 16.9 Å². The molecule has 0 aliphatic heterocycles. The molecular weight excluding hydrogens is 199 g/mol. The highest BCUT2D eigenvalue weighted by Gasteiger charge is 2.19. The highest BCUT2D eigenvalue weighted by molar-refractivity contribution is 5.83. The quantitative estimate of drug-likeness (QED) is 0.697. The molecule has 0 amide bonds. The van der Waals surface area contributed by atoms with Crippen molar-refractivity contribution in [2.45, 2.75) is 6.04 Å². The number of fused-ring (bicyclic) bond motifs is 1. The van der Waals surface area contributed by atoms with E-state index in [0.29, 0.717) is 10.9 Å². The minimum atomic E-state index is -1.33. The van der Waals surface area contributed by atoms with Gasteiger partial charge in [0.1, 0.15) is 11.9 Å². The van der Waals surface area contributed by atoms with E-state index in [9.17, 15) is 9.18 Å². The molecule has 0 aliphatic rings. The van der Waals surface area contributed by atoms with Crippen molar-refractivity contribution < 1.29 is 14.3 Å². The Morgan fingerprint density at radius 2 is 2.20 bits per heavy atom. The lowest BCUT2D eigenvalue weighted by molar-refractivity contribution is -0.138. The number of aliphatic carboxylic acids is 1. The average Bonchev–Trinajstić information content (AvgIpc) is 2.66. The molecule has 0 fully saturated rings. The van der Waals surface area contributed by atoms with E-state index in [-0.39, 0.29) is 5.56 Å². The number of hydrogen-bond donors (Lipinski definition) is 3. The van der Waals surface area contributed by atoms with Crippen LogP contribution in [0, 0.1) is 5.82 Å². The van der Waals surface area contributed by atoms with Crippen LogP contribution in [0.2, 0.25) is 0 Å². The Morgan fingerprint density at radius 1 is 1.47 bits per heavy atom. The zero-order valence-corrected chi connectivity index (χ0v) is 7.70. The molecule has 0 aliphatic carbocycles. The molecule has 78 valence electrons. The Morgan fingerprint density at radius 3 is 2.87 bits per heavy atom. The second-order valence-corrected chi connectivity index (χ2v) is 3.22. The maximum absolute atomic E-state index is 13.7. The Bertz CT molecular complexity index is 521. The Labute approximate surface area is 84.5 Å². The number of H-pyrrole nitrogens is 1. The molecule has 0 saturated carbocycles. The number of carboxylic acids is 1. The molecule has 2 aromatic rings. The Hall–Kier alpha value is -1.88. The number of carboxylic acid groups (broad SMARTS) is 1. The molecule has 0 spiro atoms. The van der Waals surface area contributed by atoms with Crippen LogP contribution in [0.3, 0.4) is 0 Å². The third kappa shape index (κ3) is 1.46. The fourth-order valence-corrected chi connectivity index (χ4v) is 1.49. The molecule has 2 rings (SSSR count). The van der Waals surface area contributed by atoms with Gasteiger partial charge in [-0.1, -0.05) is 6.07 Å². The fourth-order valence-electron chi connectivity index (χ4n) is 1.49. The van der Waals surface area contributed by atoms with E-state index in [1.165, 1.54) is 6.07 Å². The Balaban J connectivity index is 2.62. The van der Waals surface area contributed by atoms with Crippen LogP contribution in [-0.4, -0.2) is 16.1 Å². The van der Waals surface area contributed by atoms with Crippen LogP contribution in [-0.2, 0) is 4.79 Å². The lowest BCUT2D eigenvalue weighted by Crippen LogP contribution is -2.21. The van der Waals surface area contributed by atoms with E-state index in [0.717, 1.165) is 0 Å². The number of hydrogen-bond acceptors (Lipinski definition) is 2. The molecular formula is C10H9FN2O2. The predicted octanol–water partition coefficient (Wildman–Crippen LogP) is 1.39. The number of nitrogens with one attached hydrogen (secondary N) is 1. The summed E-state index contributed by atoms with van der Waals surface area (Å²) in [6.45, 7) is 0. The van der Waals surface area contributed by atoms with Gasteiger partial charge in [-0.2, -0.15) is 0 Å². The van der Waals surface area contributed by atoms with E-state index in [1.54, 1.807) is 18.3 Å². The molecule has 0 radical (unpaired) electrons. The molecule has 1 aromatic heterocycles. The van der Waals surface area contributed by atoms with Gasteiger partial charge in [-0.05, 0) is 12.1 Å². The van der Waals surface area contributed by atoms with E-state index >= 15 is 0 Å². The van der Waals surface area contributed by atoms with Crippen molar-refractivity contribution in [1.29, 1.82) is 0 Å². The van der Waals surface area contributed by atoms with E-state index in [4.69, 9.17) is 10.8 Å². The molecule has 1 aromatic carbocycles. The lowest BCUT2D eigenvalue weighted by atomic mass is 10.0. The summed E-state index contributed by atoms with van der Waals surface area (Å²) in [6.07, 6.45) is 1.59. The number of nitrogens with two attached hydrogens (primary N) is 1. The fraction of sp³-hybridized carbons (Fsp3) is 0.100. The first-order chi connectivity index (χ1) is 7.11. The molecule has 4 N–H and O–H groups in total. The van der Waals surface area contributed by atoms with Gasteiger partial charge in [-0.15, -0.1) is 0 Å². The van der Waals surface area contributed by atoms with Gasteiger partial charge >= 0.3 is 5.97 Å². The van der Waals surface area contributed by atoms with Crippen molar-refractivity contribution in [2.24, 2.45) is 5.73 Å². The van der Waals surface area contributed by atoms with E-state index in [2.05, 4.69) is 4.98 Å². The molecule has 1 unspecified atom stereocenters. The Kier molecular flexibility index (Phi) is 2.17. The highest BCUT2D eigenvalue weighted by atomic mass is 19.1. The summed E-state index contributed by atoms with van der Waals surface area (Å²) in [5.41, 5.74) is 5.96. The van der Waals surface area contributed by atoms with Gasteiger partial charge in [0.2, 0.25) is 0 Å². The van der Waals surface area contributed by atoms with Gasteiger partial charge in [0.05, 0.1) is 0 Å². The zero-order valence-electron chi connectivity index (χ0n) is 7.70. The van der Waals surface area contributed by atoms with E-state index in [1.807, 2.05) is 0 Å². The van der Waals surface area contributed by atoms with Crippen molar-refractivity contribution in [3.05, 3.63) is 35.8 Å². The zero-order chi connectivity index (χ0) is 11.0. The lowest BCUT2D eigenvalue weighted by Gasteiger charge is -2.08. The molecule has 1 heterocycles. The number of halogens is 1. The van der Waals surface area contributed by atoms with Crippen LogP contribution in [0.15, 0.2) is 24.4 Å². The molecule has 15 heavy (non-hydrogen) atoms. The number of aromatic amines is 1. The van der Waals surface area contributed by atoms with Crippen molar-refractivity contribution in [2.75, 3.05) is 0 Å². The van der Waals surface area contributed by atoms with Crippen LogP contribution >= 0.6 is 0 Å². The molecule has 1 atom stereocenters. The third-order valence-electron chi connectivity index (χ3n) is 2.30. The molecule has 5 heteroatoms. The maximum atomic E-state index is 13.7. The SMILES string of the molecule is NC(C(=O)O)c1ccc2[nH]ccc2c1F. The van der Waals surface area contributed by atoms with Gasteiger partial charge in [0.25, 0.3) is 0 Å². The largest absolute Gasteiger partial charge is 0.480 e. The average molecular weight is 208 g/mol. The summed E-state index contributed by atoms with van der Waals surface area (Å²) in [6, 6.07) is 3.20. The second-order valence-electron chi connectivity index (χ2n) is 3.22. The first-order valence-electron chi connectivity index (χ1n) is 4.35. The van der Waals surface area contributed by atoms with Gasteiger partial charge in [-0.3, -0.25) is 4.79 Å². The number of benzene rings is 1. The number of rotatable bonds is 2. The van der Waals surface area contributed by atoms with Crippen molar-refractivity contribution in [1.82, 2.24) is 4.98 Å². The minimum Gasteiger partial charge on any atom is -0.480 e. The maximum Gasteiger partial charge on any atom is 0.325 e. The number of aromatic nitrogens is 1. The summed E-state index contributed by atoms with van der Waals surface area (Å²) >= 11 is 0. The van der Waals surface area contributed by atoms with E-state index < -0.39 is 17.8 Å². The minimum absolute atomic E-state index is 0.00500. The van der Waals surface area contributed by atoms with Gasteiger partial charge in [0, 0.05) is 22.7 Å². The van der Waals surface area contributed by atoms with Crippen LogP contribution < -0.4 is 5.73 Å². The smallest absolute Gasteiger partial charge is 0.325 e. The normalized spacial score (nSPS) is 12.9. The first-order valence-corrected chi connectivity index (χ1v) is 4.35. The van der Waals surface area contributed by atoms with Crippen LogP contribution in [0.25, 0.3) is 10.9 Å².